The molecule has 1 aliphatic heterocycles. The fourth-order valence-electron chi connectivity index (χ4n) is 3.50. The molecule has 2 amide bonds. The van der Waals surface area contributed by atoms with Crippen LogP contribution in [0.5, 0.6) is 0 Å². The highest BCUT2D eigenvalue weighted by molar-refractivity contribution is 7.89. The van der Waals surface area contributed by atoms with Gasteiger partial charge in [-0.3, -0.25) is 0 Å². The second-order valence-corrected chi connectivity index (χ2v) is 9.26. The van der Waals surface area contributed by atoms with Crippen molar-refractivity contribution in [2.75, 3.05) is 26.2 Å². The molecule has 28 heavy (non-hydrogen) atoms. The molecule has 0 radical (unpaired) electrons. The summed E-state index contributed by atoms with van der Waals surface area (Å²) in [5, 5.41) is 3.88. The zero-order valence-corrected chi connectivity index (χ0v) is 17.7. The molecular weight excluding hydrogens is 376 g/mol. The number of fused-ring (bicyclic) bond motifs is 1. The van der Waals surface area contributed by atoms with E-state index in [4.69, 9.17) is 0 Å². The number of nitrogens with one attached hydrogen (secondary N) is 1. The molecule has 8 heteroatoms. The zero-order valence-electron chi connectivity index (χ0n) is 16.9. The van der Waals surface area contributed by atoms with Crippen molar-refractivity contribution in [2.24, 2.45) is 0 Å². The Balaban J connectivity index is 1.74. The van der Waals surface area contributed by atoms with Crippen LogP contribution in [0.25, 0.3) is 10.9 Å². The highest BCUT2D eigenvalue weighted by atomic mass is 32.2. The van der Waals surface area contributed by atoms with Crippen LogP contribution in [0.15, 0.2) is 35.4 Å². The Hall–Kier alpha value is -2.06. The van der Waals surface area contributed by atoms with Gasteiger partial charge in [0.05, 0.1) is 4.90 Å². The van der Waals surface area contributed by atoms with Gasteiger partial charge in [-0.15, -0.1) is 0 Å². The number of amides is 2. The minimum atomic E-state index is -3.59. The van der Waals surface area contributed by atoms with Crippen LogP contribution in [0.4, 0.5) is 4.79 Å². The lowest BCUT2D eigenvalue weighted by Gasteiger charge is -2.24. The molecule has 0 unspecified atom stereocenters. The van der Waals surface area contributed by atoms with Crippen LogP contribution in [-0.4, -0.2) is 60.4 Å². The first-order valence-corrected chi connectivity index (χ1v) is 11.4. The predicted molar refractivity (Wildman–Crippen MR) is 111 cm³/mol. The molecule has 3 rings (SSSR count). The van der Waals surface area contributed by atoms with Crippen LogP contribution in [0, 0.1) is 0 Å². The summed E-state index contributed by atoms with van der Waals surface area (Å²) in [6, 6.07) is 7.24. The number of carbonyl (C=O) groups is 1. The van der Waals surface area contributed by atoms with Gasteiger partial charge < -0.3 is 14.8 Å². The largest absolute Gasteiger partial charge is 0.348 e. The van der Waals surface area contributed by atoms with Crippen LogP contribution in [0.3, 0.4) is 0 Å². The fraction of sp³-hybridized carbons (Fsp3) is 0.550. The molecule has 1 aromatic carbocycles. The molecule has 1 saturated heterocycles. The van der Waals surface area contributed by atoms with Crippen LogP contribution < -0.4 is 5.32 Å². The molecule has 2 heterocycles. The summed E-state index contributed by atoms with van der Waals surface area (Å²) in [5.41, 5.74) is 1.03. The Bertz CT molecular complexity index is 938. The van der Waals surface area contributed by atoms with Crippen molar-refractivity contribution in [3.8, 4) is 0 Å². The zero-order chi connectivity index (χ0) is 20.3. The van der Waals surface area contributed by atoms with Gasteiger partial charge in [0.15, 0.2) is 0 Å². The average molecular weight is 407 g/mol. The molecule has 7 nitrogen and oxygen atoms in total. The lowest BCUT2D eigenvalue weighted by Crippen LogP contribution is -2.45. The SMILES string of the molecule is CC[C@H](C)NC(=O)N1CCCN(S(=O)(=O)c2ccc3c(ccn3CC)c2)CC1. The van der Waals surface area contributed by atoms with Gasteiger partial charge in [0.25, 0.3) is 0 Å². The van der Waals surface area contributed by atoms with E-state index in [2.05, 4.69) is 16.8 Å². The van der Waals surface area contributed by atoms with Crippen molar-refractivity contribution in [1.29, 1.82) is 0 Å². The van der Waals surface area contributed by atoms with Crippen LogP contribution >= 0.6 is 0 Å². The second-order valence-electron chi connectivity index (χ2n) is 7.33. The highest BCUT2D eigenvalue weighted by Gasteiger charge is 2.28. The van der Waals surface area contributed by atoms with Gasteiger partial charge in [-0.2, -0.15) is 4.31 Å². The van der Waals surface area contributed by atoms with E-state index >= 15 is 0 Å². The molecule has 0 spiro atoms. The first-order valence-electron chi connectivity index (χ1n) is 10.0. The van der Waals surface area contributed by atoms with Crippen molar-refractivity contribution >= 4 is 27.0 Å². The topological polar surface area (TPSA) is 74.7 Å². The Morgan fingerprint density at radius 2 is 1.93 bits per heavy atom. The van der Waals surface area contributed by atoms with E-state index in [0.29, 0.717) is 37.5 Å². The van der Waals surface area contributed by atoms with Gasteiger partial charge in [-0.1, -0.05) is 6.92 Å². The van der Waals surface area contributed by atoms with Crippen molar-refractivity contribution in [1.82, 2.24) is 19.1 Å². The maximum atomic E-state index is 13.2. The molecule has 1 N–H and O–H groups in total. The summed E-state index contributed by atoms with van der Waals surface area (Å²) in [6.07, 6.45) is 3.46. The number of carbonyl (C=O) groups excluding carboxylic acids is 1. The predicted octanol–water partition coefficient (Wildman–Crippen LogP) is 2.87. The molecule has 154 valence electrons. The molecule has 1 atom stereocenters. The van der Waals surface area contributed by atoms with Crippen molar-refractivity contribution in [3.05, 3.63) is 30.5 Å². The van der Waals surface area contributed by atoms with Crippen LogP contribution in [0.2, 0.25) is 0 Å². The molecule has 1 aliphatic rings. The highest BCUT2D eigenvalue weighted by Crippen LogP contribution is 2.24. The van der Waals surface area contributed by atoms with Crippen molar-refractivity contribution in [2.45, 2.75) is 51.1 Å². The summed E-state index contributed by atoms with van der Waals surface area (Å²) in [5.74, 6) is 0. The van der Waals surface area contributed by atoms with Gasteiger partial charge in [0, 0.05) is 55.9 Å². The van der Waals surface area contributed by atoms with Crippen LogP contribution in [0.1, 0.15) is 33.6 Å². The maximum absolute atomic E-state index is 13.2. The number of hydrogen-bond acceptors (Lipinski definition) is 3. The number of rotatable bonds is 5. The molecular formula is C20H30N4O3S. The average Bonchev–Trinajstić information content (AvgIpc) is 2.92. The monoisotopic (exact) mass is 406 g/mol. The molecule has 0 bridgehead atoms. The van der Waals surface area contributed by atoms with Crippen molar-refractivity contribution < 1.29 is 13.2 Å². The smallest absolute Gasteiger partial charge is 0.317 e. The van der Waals surface area contributed by atoms with Gasteiger partial charge in [-0.05, 0) is 51.0 Å². The Morgan fingerprint density at radius 3 is 2.64 bits per heavy atom. The molecule has 1 fully saturated rings. The Morgan fingerprint density at radius 1 is 1.14 bits per heavy atom. The molecule has 0 saturated carbocycles. The van der Waals surface area contributed by atoms with Gasteiger partial charge in [-0.25, -0.2) is 13.2 Å². The fourth-order valence-corrected chi connectivity index (χ4v) is 5.01. The van der Waals surface area contributed by atoms with E-state index in [1.54, 1.807) is 17.0 Å². The lowest BCUT2D eigenvalue weighted by atomic mass is 10.2. The minimum Gasteiger partial charge on any atom is -0.348 e. The van der Waals surface area contributed by atoms with E-state index in [9.17, 15) is 13.2 Å². The van der Waals surface area contributed by atoms with E-state index in [1.807, 2.05) is 32.2 Å². The molecule has 0 aliphatic carbocycles. The van der Waals surface area contributed by atoms with E-state index < -0.39 is 10.0 Å². The second kappa shape index (κ2) is 8.53. The Labute approximate surface area is 167 Å². The van der Waals surface area contributed by atoms with Crippen LogP contribution in [-0.2, 0) is 16.6 Å². The standard InChI is InChI=1S/C20H30N4O3S/c1-4-16(3)21-20(25)23-10-6-11-24(14-13-23)28(26,27)18-7-8-19-17(15-18)9-12-22(19)5-2/h7-9,12,15-16H,4-6,10-11,13-14H2,1-3H3,(H,21,25)/t16-/m0/s1. The third kappa shape index (κ3) is 4.17. The third-order valence-corrected chi connectivity index (χ3v) is 7.34. The first-order chi connectivity index (χ1) is 13.4. The summed E-state index contributed by atoms with van der Waals surface area (Å²) in [7, 11) is -3.59. The van der Waals surface area contributed by atoms with Gasteiger partial charge >= 0.3 is 6.03 Å². The number of sulfonamides is 1. The quantitative estimate of drug-likeness (QED) is 0.830. The number of aryl methyl sites for hydroxylation is 1. The summed E-state index contributed by atoms with van der Waals surface area (Å²) in [4.78, 5) is 14.4. The summed E-state index contributed by atoms with van der Waals surface area (Å²) >= 11 is 0. The number of hydrogen-bond donors (Lipinski definition) is 1. The summed E-state index contributed by atoms with van der Waals surface area (Å²) in [6.45, 7) is 8.58. The normalized spacial score (nSPS) is 17.5. The summed E-state index contributed by atoms with van der Waals surface area (Å²) < 4.78 is 29.9. The van der Waals surface area contributed by atoms with Gasteiger partial charge in [0.1, 0.15) is 0 Å². The number of nitrogens with zero attached hydrogens (tertiary/aromatic N) is 3. The number of urea groups is 1. The van der Waals surface area contributed by atoms with Crippen molar-refractivity contribution in [3.63, 3.8) is 0 Å². The third-order valence-electron chi connectivity index (χ3n) is 5.45. The number of aromatic nitrogens is 1. The molecule has 1 aromatic heterocycles. The lowest BCUT2D eigenvalue weighted by molar-refractivity contribution is 0.196. The minimum absolute atomic E-state index is 0.109. The van der Waals surface area contributed by atoms with Gasteiger partial charge in [0.2, 0.25) is 10.0 Å². The van der Waals surface area contributed by atoms with E-state index in [-0.39, 0.29) is 12.1 Å². The maximum Gasteiger partial charge on any atom is 0.317 e. The first kappa shape index (κ1) is 20.7. The molecule has 2 aromatic rings. The Kier molecular flexibility index (Phi) is 6.30. The van der Waals surface area contributed by atoms with E-state index in [0.717, 1.165) is 23.9 Å². The number of benzene rings is 1. The van der Waals surface area contributed by atoms with E-state index in [1.165, 1.54) is 4.31 Å².